The molecule has 0 saturated carbocycles. The van der Waals surface area contributed by atoms with Crippen molar-refractivity contribution in [3.8, 4) is 11.5 Å². The Balaban J connectivity index is 1.38. The Morgan fingerprint density at radius 3 is 2.24 bits per heavy atom. The largest absolute Gasteiger partial charge is 0.494 e. The second-order valence-corrected chi connectivity index (χ2v) is 7.19. The number of hydrazone groups is 1. The third kappa shape index (κ3) is 8.14. The molecule has 0 saturated heterocycles. The smallest absolute Gasteiger partial charge is 0.259 e. The van der Waals surface area contributed by atoms with E-state index < -0.39 is 5.91 Å². The van der Waals surface area contributed by atoms with Gasteiger partial charge in [0.2, 0.25) is 0 Å². The Hall–Kier alpha value is -4.13. The number of hydrogen-bond acceptors (Lipinski definition) is 5. The van der Waals surface area contributed by atoms with Gasteiger partial charge < -0.3 is 14.8 Å². The molecule has 0 heterocycles. The molecule has 0 atom stereocenters. The van der Waals surface area contributed by atoms with Crippen LogP contribution in [-0.2, 0) is 11.4 Å². The molecule has 0 aliphatic carbocycles. The van der Waals surface area contributed by atoms with Gasteiger partial charge in [0.05, 0.1) is 19.4 Å². The maximum absolute atomic E-state index is 12.2. The van der Waals surface area contributed by atoms with E-state index in [-0.39, 0.29) is 12.5 Å². The molecule has 0 fully saturated rings. The summed E-state index contributed by atoms with van der Waals surface area (Å²) in [5.74, 6) is 0.677. The molecule has 2 amide bonds. The number of rotatable bonds is 11. The Bertz CT molecular complexity index is 1050. The Morgan fingerprint density at radius 2 is 1.55 bits per heavy atom. The summed E-state index contributed by atoms with van der Waals surface area (Å²) < 4.78 is 11.2. The third-order valence-electron chi connectivity index (χ3n) is 4.53. The van der Waals surface area contributed by atoms with Crippen LogP contribution in [0, 0.1) is 0 Å². The van der Waals surface area contributed by atoms with Crippen LogP contribution in [0.3, 0.4) is 0 Å². The van der Waals surface area contributed by atoms with E-state index >= 15 is 0 Å². The molecular weight excluding hydrogens is 418 g/mol. The van der Waals surface area contributed by atoms with Crippen molar-refractivity contribution >= 4 is 18.0 Å². The average Bonchev–Trinajstić information content (AvgIpc) is 2.86. The van der Waals surface area contributed by atoms with Crippen LogP contribution in [0.1, 0.15) is 34.8 Å². The van der Waals surface area contributed by atoms with Crippen molar-refractivity contribution in [2.24, 2.45) is 5.10 Å². The van der Waals surface area contributed by atoms with Crippen LogP contribution in [0.5, 0.6) is 11.5 Å². The fourth-order valence-electron chi connectivity index (χ4n) is 2.79. The van der Waals surface area contributed by atoms with Gasteiger partial charge >= 0.3 is 0 Å². The minimum atomic E-state index is -0.426. The van der Waals surface area contributed by atoms with Crippen molar-refractivity contribution < 1.29 is 19.1 Å². The Labute approximate surface area is 193 Å². The van der Waals surface area contributed by atoms with E-state index in [9.17, 15) is 9.59 Å². The number of hydrogen-bond donors (Lipinski definition) is 2. The number of benzene rings is 3. The highest BCUT2D eigenvalue weighted by Gasteiger charge is 2.08. The lowest BCUT2D eigenvalue weighted by Gasteiger charge is -2.07. The number of nitrogens with one attached hydrogen (secondary N) is 2. The number of carbonyl (C=O) groups is 2. The monoisotopic (exact) mass is 445 g/mol. The second kappa shape index (κ2) is 12.7. The fraction of sp³-hybridized carbons (Fsp3) is 0.192. The Kier molecular flexibility index (Phi) is 9.03. The van der Waals surface area contributed by atoms with Crippen LogP contribution in [-0.4, -0.2) is 31.2 Å². The van der Waals surface area contributed by atoms with E-state index in [1.54, 1.807) is 24.3 Å². The first kappa shape index (κ1) is 23.5. The predicted molar refractivity (Wildman–Crippen MR) is 128 cm³/mol. The van der Waals surface area contributed by atoms with E-state index in [0.717, 1.165) is 23.3 Å². The van der Waals surface area contributed by atoms with Crippen molar-refractivity contribution in [1.29, 1.82) is 0 Å². The zero-order valence-electron chi connectivity index (χ0n) is 18.5. The highest BCUT2D eigenvalue weighted by Crippen LogP contribution is 2.14. The van der Waals surface area contributed by atoms with Crippen LogP contribution < -0.4 is 20.2 Å². The van der Waals surface area contributed by atoms with E-state index in [1.807, 2.05) is 61.5 Å². The van der Waals surface area contributed by atoms with Crippen molar-refractivity contribution in [3.05, 3.63) is 95.6 Å². The second-order valence-electron chi connectivity index (χ2n) is 7.19. The summed E-state index contributed by atoms with van der Waals surface area (Å²) in [5, 5.41) is 6.49. The maximum atomic E-state index is 12.2. The number of nitrogens with zero attached hydrogens (tertiary/aromatic N) is 1. The molecule has 2 N–H and O–H groups in total. The van der Waals surface area contributed by atoms with Gasteiger partial charge in [-0.3, -0.25) is 9.59 Å². The summed E-state index contributed by atoms with van der Waals surface area (Å²) in [5.41, 5.74) is 4.74. The topological polar surface area (TPSA) is 89.0 Å². The summed E-state index contributed by atoms with van der Waals surface area (Å²) in [7, 11) is 0. The normalized spacial score (nSPS) is 10.6. The van der Waals surface area contributed by atoms with Crippen molar-refractivity contribution in [3.63, 3.8) is 0 Å². The Morgan fingerprint density at radius 1 is 0.879 bits per heavy atom. The first-order valence-electron chi connectivity index (χ1n) is 10.7. The maximum Gasteiger partial charge on any atom is 0.259 e. The standard InChI is InChI=1S/C26H27N3O4/c1-2-16-32-23-14-10-22(11-15-23)26(31)27-18-25(30)29-28-17-20-8-12-24(13-9-20)33-19-21-6-4-3-5-7-21/h3-15,17H,2,16,18-19H2,1H3,(H,27,31)(H,29,30)/b28-17-. The highest BCUT2D eigenvalue weighted by molar-refractivity contribution is 5.96. The van der Waals surface area contributed by atoms with Gasteiger partial charge in [0, 0.05) is 5.56 Å². The predicted octanol–water partition coefficient (Wildman–Crippen LogP) is 3.93. The van der Waals surface area contributed by atoms with Gasteiger partial charge in [-0.25, -0.2) is 5.43 Å². The van der Waals surface area contributed by atoms with Gasteiger partial charge in [-0.2, -0.15) is 5.10 Å². The van der Waals surface area contributed by atoms with Crippen molar-refractivity contribution in [2.75, 3.05) is 13.2 Å². The molecule has 0 aliphatic heterocycles. The molecule has 33 heavy (non-hydrogen) atoms. The lowest BCUT2D eigenvalue weighted by atomic mass is 10.2. The van der Waals surface area contributed by atoms with Crippen LogP contribution in [0.25, 0.3) is 0 Å². The summed E-state index contributed by atoms with van der Waals surface area (Å²) in [6, 6.07) is 24.0. The molecular formula is C26H27N3O4. The molecule has 0 unspecified atom stereocenters. The molecule has 0 spiro atoms. The van der Waals surface area contributed by atoms with Gasteiger partial charge in [0.1, 0.15) is 18.1 Å². The molecule has 3 aromatic carbocycles. The summed E-state index contributed by atoms with van der Waals surface area (Å²) in [6.45, 7) is 2.96. The zero-order valence-corrected chi connectivity index (χ0v) is 18.5. The van der Waals surface area contributed by atoms with E-state index in [2.05, 4.69) is 15.8 Å². The van der Waals surface area contributed by atoms with Crippen molar-refractivity contribution in [2.45, 2.75) is 20.0 Å². The molecule has 0 aromatic heterocycles. The number of carbonyl (C=O) groups excluding carboxylic acids is 2. The molecule has 7 nitrogen and oxygen atoms in total. The van der Waals surface area contributed by atoms with E-state index in [0.29, 0.717) is 24.5 Å². The third-order valence-corrected chi connectivity index (χ3v) is 4.53. The van der Waals surface area contributed by atoms with Gasteiger partial charge in [0.15, 0.2) is 0 Å². The molecule has 3 rings (SSSR count). The van der Waals surface area contributed by atoms with E-state index in [4.69, 9.17) is 9.47 Å². The number of ether oxygens (including phenoxy) is 2. The molecule has 7 heteroatoms. The summed E-state index contributed by atoms with van der Waals surface area (Å²) in [4.78, 5) is 24.1. The number of amides is 2. The average molecular weight is 446 g/mol. The van der Waals surface area contributed by atoms with Crippen LogP contribution >= 0.6 is 0 Å². The minimum Gasteiger partial charge on any atom is -0.494 e. The van der Waals surface area contributed by atoms with Gasteiger partial charge in [-0.05, 0) is 66.1 Å². The van der Waals surface area contributed by atoms with Crippen LogP contribution in [0.15, 0.2) is 84.0 Å². The van der Waals surface area contributed by atoms with Crippen LogP contribution in [0.2, 0.25) is 0 Å². The van der Waals surface area contributed by atoms with Crippen molar-refractivity contribution in [1.82, 2.24) is 10.7 Å². The first-order chi connectivity index (χ1) is 16.1. The fourth-order valence-corrected chi connectivity index (χ4v) is 2.79. The van der Waals surface area contributed by atoms with Crippen LogP contribution in [0.4, 0.5) is 0 Å². The molecule has 3 aromatic rings. The molecule has 0 aliphatic rings. The lowest BCUT2D eigenvalue weighted by Crippen LogP contribution is -2.34. The first-order valence-corrected chi connectivity index (χ1v) is 10.7. The molecule has 170 valence electrons. The molecule has 0 bridgehead atoms. The summed E-state index contributed by atoms with van der Waals surface area (Å²) >= 11 is 0. The highest BCUT2D eigenvalue weighted by atomic mass is 16.5. The van der Waals surface area contributed by atoms with Gasteiger partial charge in [0.25, 0.3) is 11.8 Å². The minimum absolute atomic E-state index is 0.184. The zero-order chi connectivity index (χ0) is 23.3. The van der Waals surface area contributed by atoms with Gasteiger partial charge in [-0.1, -0.05) is 37.3 Å². The van der Waals surface area contributed by atoms with E-state index in [1.165, 1.54) is 6.21 Å². The van der Waals surface area contributed by atoms with Gasteiger partial charge in [-0.15, -0.1) is 0 Å². The SMILES string of the molecule is CCCOc1ccc(C(=O)NCC(=O)N/N=C\c2ccc(OCc3ccccc3)cc2)cc1. The molecule has 0 radical (unpaired) electrons. The quantitative estimate of drug-likeness (QED) is 0.346. The lowest BCUT2D eigenvalue weighted by molar-refractivity contribution is -0.120. The summed E-state index contributed by atoms with van der Waals surface area (Å²) in [6.07, 6.45) is 2.43.